The van der Waals surface area contributed by atoms with E-state index in [0.717, 1.165) is 12.8 Å². The van der Waals surface area contributed by atoms with Gasteiger partial charge in [-0.15, -0.1) is 0 Å². The van der Waals surface area contributed by atoms with Crippen molar-refractivity contribution in [2.75, 3.05) is 6.61 Å². The maximum Gasteiger partial charge on any atom is 0.0809 e. The highest BCUT2D eigenvalue weighted by Crippen LogP contribution is 2.17. The number of hydrogen-bond donors (Lipinski definition) is 1. The highest BCUT2D eigenvalue weighted by Gasteiger charge is 2.13. The molecule has 1 heterocycles. The summed E-state index contributed by atoms with van der Waals surface area (Å²) in [5, 5.41) is 8.99. The van der Waals surface area contributed by atoms with Crippen molar-refractivity contribution >= 4 is 0 Å². The summed E-state index contributed by atoms with van der Waals surface area (Å²) < 4.78 is 5.67. The zero-order valence-corrected chi connectivity index (χ0v) is 7.96. The Morgan fingerprint density at radius 3 is 2.50 bits per heavy atom. The molecular weight excluding hydrogens is 152 g/mol. The Kier molecular flexibility index (Phi) is 4.62. The number of rotatable bonds is 1. The summed E-state index contributed by atoms with van der Waals surface area (Å²) in [4.78, 5) is 0. The van der Waals surface area contributed by atoms with Crippen molar-refractivity contribution in [1.82, 2.24) is 0 Å². The van der Waals surface area contributed by atoms with Crippen LogP contribution in [0, 0.1) is 0 Å². The molecule has 0 bridgehead atoms. The number of ether oxygens (including phenoxy) is 1. The largest absolute Gasteiger partial charge is 0.394 e. The van der Waals surface area contributed by atoms with Crippen LogP contribution in [0.3, 0.4) is 0 Å². The second kappa shape index (κ2) is 5.55. The van der Waals surface area contributed by atoms with E-state index in [2.05, 4.69) is 6.92 Å². The predicted octanol–water partition coefficient (Wildman–Crippen LogP) is 2.11. The molecule has 72 valence electrons. The molecule has 2 nitrogen and oxygen atoms in total. The summed E-state index contributed by atoms with van der Waals surface area (Å²) >= 11 is 0. The summed E-state index contributed by atoms with van der Waals surface area (Å²) in [5.74, 6) is 0. The van der Waals surface area contributed by atoms with Gasteiger partial charge in [0.05, 0.1) is 18.8 Å². The first-order chi connectivity index (χ1) is 5.83. The number of hydrogen-bond acceptors (Lipinski definition) is 2. The molecule has 0 saturated carbocycles. The van der Waals surface area contributed by atoms with Gasteiger partial charge in [-0.1, -0.05) is 25.7 Å². The Hall–Kier alpha value is -0.0800. The molecule has 0 radical (unpaired) electrons. The van der Waals surface area contributed by atoms with Crippen LogP contribution in [0.2, 0.25) is 0 Å². The standard InChI is InChI=1S/C10H20O2/c1-9-6-4-2-3-5-7-10(8-11)12-9/h9-11H,2-8H2,1H3. The van der Waals surface area contributed by atoms with Crippen molar-refractivity contribution in [2.24, 2.45) is 0 Å². The molecule has 0 aliphatic carbocycles. The third kappa shape index (κ3) is 3.55. The lowest BCUT2D eigenvalue weighted by molar-refractivity contribution is -0.0367. The highest BCUT2D eigenvalue weighted by molar-refractivity contribution is 4.63. The Balaban J connectivity index is 2.32. The van der Waals surface area contributed by atoms with Gasteiger partial charge in [-0.25, -0.2) is 0 Å². The molecule has 0 spiro atoms. The van der Waals surface area contributed by atoms with E-state index in [0.29, 0.717) is 6.10 Å². The lowest BCUT2D eigenvalue weighted by Crippen LogP contribution is -2.22. The summed E-state index contributed by atoms with van der Waals surface area (Å²) in [7, 11) is 0. The Morgan fingerprint density at radius 1 is 1.17 bits per heavy atom. The van der Waals surface area contributed by atoms with Crippen molar-refractivity contribution in [3.05, 3.63) is 0 Å². The third-order valence-electron chi connectivity index (χ3n) is 2.52. The zero-order valence-electron chi connectivity index (χ0n) is 7.96. The van der Waals surface area contributed by atoms with Gasteiger partial charge in [-0.3, -0.25) is 0 Å². The average Bonchev–Trinajstić information content (AvgIpc) is 2.16. The maximum absolute atomic E-state index is 8.99. The fourth-order valence-corrected chi connectivity index (χ4v) is 1.76. The van der Waals surface area contributed by atoms with Gasteiger partial charge in [-0.05, 0) is 19.8 Å². The van der Waals surface area contributed by atoms with E-state index in [-0.39, 0.29) is 12.7 Å². The minimum absolute atomic E-state index is 0.0955. The lowest BCUT2D eigenvalue weighted by Gasteiger charge is -2.18. The van der Waals surface area contributed by atoms with Crippen molar-refractivity contribution < 1.29 is 9.84 Å². The van der Waals surface area contributed by atoms with Gasteiger partial charge in [0.15, 0.2) is 0 Å². The van der Waals surface area contributed by atoms with E-state index in [1.54, 1.807) is 0 Å². The molecule has 2 unspecified atom stereocenters. The smallest absolute Gasteiger partial charge is 0.0809 e. The van der Waals surface area contributed by atoms with Crippen LogP contribution in [0.1, 0.15) is 45.4 Å². The van der Waals surface area contributed by atoms with Crippen LogP contribution in [-0.2, 0) is 4.74 Å². The quantitative estimate of drug-likeness (QED) is 0.656. The zero-order chi connectivity index (χ0) is 8.81. The van der Waals surface area contributed by atoms with Crippen LogP contribution >= 0.6 is 0 Å². The van der Waals surface area contributed by atoms with Gasteiger partial charge in [0.1, 0.15) is 0 Å². The molecule has 2 heteroatoms. The second-order valence-corrected chi connectivity index (χ2v) is 3.74. The fourth-order valence-electron chi connectivity index (χ4n) is 1.76. The van der Waals surface area contributed by atoms with Gasteiger partial charge in [0.25, 0.3) is 0 Å². The monoisotopic (exact) mass is 172 g/mol. The van der Waals surface area contributed by atoms with Crippen LogP contribution in [-0.4, -0.2) is 23.9 Å². The van der Waals surface area contributed by atoms with Crippen molar-refractivity contribution in [3.8, 4) is 0 Å². The van der Waals surface area contributed by atoms with Gasteiger partial charge in [0.2, 0.25) is 0 Å². The lowest BCUT2D eigenvalue weighted by atomic mass is 10.1. The molecule has 1 N–H and O–H groups in total. The number of aliphatic hydroxyl groups excluding tert-OH is 1. The molecule has 0 amide bonds. The second-order valence-electron chi connectivity index (χ2n) is 3.74. The molecule has 1 fully saturated rings. The average molecular weight is 172 g/mol. The van der Waals surface area contributed by atoms with Crippen molar-refractivity contribution in [1.29, 1.82) is 0 Å². The van der Waals surface area contributed by atoms with Crippen LogP contribution < -0.4 is 0 Å². The van der Waals surface area contributed by atoms with Crippen molar-refractivity contribution in [3.63, 3.8) is 0 Å². The molecule has 1 rings (SSSR count). The van der Waals surface area contributed by atoms with E-state index >= 15 is 0 Å². The topological polar surface area (TPSA) is 29.5 Å². The first kappa shape index (κ1) is 10.0. The van der Waals surface area contributed by atoms with Crippen molar-refractivity contribution in [2.45, 2.75) is 57.7 Å². The predicted molar refractivity (Wildman–Crippen MR) is 49.1 cm³/mol. The molecular formula is C10H20O2. The van der Waals surface area contributed by atoms with Crippen LogP contribution in [0.5, 0.6) is 0 Å². The maximum atomic E-state index is 8.99. The molecule has 2 atom stereocenters. The van der Waals surface area contributed by atoms with Gasteiger partial charge in [-0.2, -0.15) is 0 Å². The summed E-state index contributed by atoms with van der Waals surface area (Å²) in [6.45, 7) is 2.29. The summed E-state index contributed by atoms with van der Waals surface area (Å²) in [6, 6.07) is 0. The first-order valence-corrected chi connectivity index (χ1v) is 5.09. The molecule has 0 aromatic rings. The van der Waals surface area contributed by atoms with Crippen LogP contribution in [0.15, 0.2) is 0 Å². The van der Waals surface area contributed by atoms with Gasteiger partial charge >= 0.3 is 0 Å². The van der Waals surface area contributed by atoms with E-state index in [1.165, 1.54) is 25.7 Å². The van der Waals surface area contributed by atoms with Gasteiger partial charge < -0.3 is 9.84 Å². The molecule has 1 aliphatic heterocycles. The van der Waals surface area contributed by atoms with Gasteiger partial charge in [0, 0.05) is 0 Å². The van der Waals surface area contributed by atoms with Crippen LogP contribution in [0.4, 0.5) is 0 Å². The molecule has 0 aromatic heterocycles. The normalized spacial score (nSPS) is 33.5. The molecule has 1 aliphatic rings. The SMILES string of the molecule is CC1CCCCCCC(CO)O1. The molecule has 12 heavy (non-hydrogen) atoms. The fraction of sp³-hybridized carbons (Fsp3) is 1.00. The Morgan fingerprint density at radius 2 is 1.83 bits per heavy atom. The third-order valence-corrected chi connectivity index (χ3v) is 2.52. The van der Waals surface area contributed by atoms with Crippen LogP contribution in [0.25, 0.3) is 0 Å². The molecule has 1 saturated heterocycles. The first-order valence-electron chi connectivity index (χ1n) is 5.09. The van der Waals surface area contributed by atoms with E-state index in [9.17, 15) is 0 Å². The Bertz CT molecular complexity index is 114. The number of aliphatic hydroxyl groups is 1. The molecule has 0 aromatic carbocycles. The minimum Gasteiger partial charge on any atom is -0.394 e. The van der Waals surface area contributed by atoms with E-state index in [4.69, 9.17) is 9.84 Å². The summed E-state index contributed by atoms with van der Waals surface area (Å²) in [5.41, 5.74) is 0. The minimum atomic E-state index is 0.0955. The van der Waals surface area contributed by atoms with E-state index in [1.807, 2.05) is 0 Å². The van der Waals surface area contributed by atoms with E-state index < -0.39 is 0 Å². The summed E-state index contributed by atoms with van der Waals surface area (Å²) in [6.07, 6.45) is 7.71. The highest BCUT2D eigenvalue weighted by atomic mass is 16.5. The Labute approximate surface area is 74.9 Å².